The summed E-state index contributed by atoms with van der Waals surface area (Å²) in [6, 6.07) is 2.08. The molecule has 5 heteroatoms. The second-order valence-corrected chi connectivity index (χ2v) is 4.81. The van der Waals surface area contributed by atoms with Crippen molar-refractivity contribution in [2.75, 3.05) is 11.8 Å². The molecule has 0 aromatic carbocycles. The van der Waals surface area contributed by atoms with Gasteiger partial charge in [0.2, 0.25) is 0 Å². The number of hydrogen-bond acceptors (Lipinski definition) is 2. The SMILES string of the molecule is CCn1nc(C)cc1CNC(C)(CCl)CCl. The first-order valence-electron chi connectivity index (χ1n) is 5.45. The summed E-state index contributed by atoms with van der Waals surface area (Å²) >= 11 is 11.8. The van der Waals surface area contributed by atoms with E-state index in [1.54, 1.807) is 0 Å². The number of rotatable bonds is 6. The van der Waals surface area contributed by atoms with Gasteiger partial charge in [0.25, 0.3) is 0 Å². The lowest BCUT2D eigenvalue weighted by atomic mass is 10.1. The van der Waals surface area contributed by atoms with E-state index in [4.69, 9.17) is 23.2 Å². The minimum atomic E-state index is -0.222. The lowest BCUT2D eigenvalue weighted by Gasteiger charge is -2.26. The van der Waals surface area contributed by atoms with Crippen molar-refractivity contribution in [1.29, 1.82) is 0 Å². The Kier molecular flexibility index (Phi) is 5.09. The summed E-state index contributed by atoms with van der Waals surface area (Å²) < 4.78 is 1.99. The number of nitrogens with zero attached hydrogens (tertiary/aromatic N) is 2. The van der Waals surface area contributed by atoms with Gasteiger partial charge in [-0.05, 0) is 26.8 Å². The van der Waals surface area contributed by atoms with Crippen molar-refractivity contribution in [3.05, 3.63) is 17.5 Å². The van der Waals surface area contributed by atoms with E-state index in [-0.39, 0.29) is 5.54 Å². The van der Waals surface area contributed by atoms with Crippen molar-refractivity contribution in [2.24, 2.45) is 0 Å². The summed E-state index contributed by atoms with van der Waals surface area (Å²) in [5.74, 6) is 0.992. The lowest BCUT2D eigenvalue weighted by Crippen LogP contribution is -2.45. The van der Waals surface area contributed by atoms with E-state index in [9.17, 15) is 0 Å². The van der Waals surface area contributed by atoms with Crippen LogP contribution in [0.5, 0.6) is 0 Å². The van der Waals surface area contributed by atoms with Crippen LogP contribution in [0.1, 0.15) is 25.2 Å². The van der Waals surface area contributed by atoms with Crippen molar-refractivity contribution in [3.8, 4) is 0 Å². The Morgan fingerprint density at radius 1 is 1.44 bits per heavy atom. The van der Waals surface area contributed by atoms with Gasteiger partial charge in [0, 0.05) is 30.4 Å². The standard InChI is InChI=1S/C11H19Cl2N3/c1-4-16-10(5-9(2)15-16)6-14-11(3,7-12)8-13/h5,14H,4,6-8H2,1-3H3. The molecule has 92 valence electrons. The van der Waals surface area contributed by atoms with Gasteiger partial charge in [-0.25, -0.2) is 0 Å². The van der Waals surface area contributed by atoms with E-state index >= 15 is 0 Å². The molecule has 0 atom stereocenters. The third-order valence-corrected chi connectivity index (χ3v) is 3.75. The van der Waals surface area contributed by atoms with Crippen LogP contribution < -0.4 is 5.32 Å². The zero-order valence-corrected chi connectivity index (χ0v) is 11.6. The maximum Gasteiger partial charge on any atom is 0.0597 e. The maximum atomic E-state index is 5.88. The molecule has 1 heterocycles. The average Bonchev–Trinajstić information content (AvgIpc) is 2.66. The van der Waals surface area contributed by atoms with E-state index < -0.39 is 0 Å². The van der Waals surface area contributed by atoms with E-state index in [2.05, 4.69) is 23.4 Å². The molecular formula is C11H19Cl2N3. The third kappa shape index (κ3) is 3.37. The highest BCUT2D eigenvalue weighted by Crippen LogP contribution is 2.11. The average molecular weight is 264 g/mol. The van der Waals surface area contributed by atoms with Crippen LogP contribution >= 0.6 is 23.2 Å². The molecule has 1 aromatic rings. The van der Waals surface area contributed by atoms with E-state index in [0.29, 0.717) is 11.8 Å². The van der Waals surface area contributed by atoms with Crippen LogP contribution in [0, 0.1) is 6.92 Å². The number of halogens is 2. The number of nitrogens with one attached hydrogen (secondary N) is 1. The van der Waals surface area contributed by atoms with Gasteiger partial charge in [0.05, 0.1) is 11.4 Å². The van der Waals surface area contributed by atoms with Crippen LogP contribution in [0.15, 0.2) is 6.07 Å². The lowest BCUT2D eigenvalue weighted by molar-refractivity contribution is 0.422. The summed E-state index contributed by atoms with van der Waals surface area (Å²) in [7, 11) is 0. The molecule has 1 rings (SSSR count). The zero-order valence-electron chi connectivity index (χ0n) is 10.1. The van der Waals surface area contributed by atoms with Crippen molar-refractivity contribution >= 4 is 23.2 Å². The summed E-state index contributed by atoms with van der Waals surface area (Å²) in [6.07, 6.45) is 0. The first-order valence-corrected chi connectivity index (χ1v) is 6.52. The highest BCUT2D eigenvalue weighted by atomic mass is 35.5. The predicted molar refractivity (Wildman–Crippen MR) is 69.3 cm³/mol. The molecule has 0 saturated heterocycles. The van der Waals surface area contributed by atoms with Crippen LogP contribution in [0.4, 0.5) is 0 Å². The zero-order chi connectivity index (χ0) is 12.2. The molecule has 1 N–H and O–H groups in total. The Bertz CT molecular complexity index is 332. The van der Waals surface area contributed by atoms with Gasteiger partial charge < -0.3 is 5.32 Å². The predicted octanol–water partition coefficient (Wildman–Crippen LogP) is 2.54. The van der Waals surface area contributed by atoms with Crippen molar-refractivity contribution in [3.63, 3.8) is 0 Å². The van der Waals surface area contributed by atoms with Crippen LogP contribution in [-0.4, -0.2) is 27.1 Å². The number of aromatic nitrogens is 2. The topological polar surface area (TPSA) is 29.9 Å². The van der Waals surface area contributed by atoms with Crippen LogP contribution in [-0.2, 0) is 13.1 Å². The van der Waals surface area contributed by atoms with Gasteiger partial charge in [-0.2, -0.15) is 5.10 Å². The first-order chi connectivity index (χ1) is 7.54. The number of aryl methyl sites for hydroxylation is 2. The number of hydrogen-bond donors (Lipinski definition) is 1. The van der Waals surface area contributed by atoms with Crippen LogP contribution in [0.2, 0.25) is 0 Å². The number of alkyl halides is 2. The molecule has 0 amide bonds. The molecule has 0 spiro atoms. The largest absolute Gasteiger partial charge is 0.304 e. The molecule has 0 fully saturated rings. The Morgan fingerprint density at radius 3 is 2.56 bits per heavy atom. The second-order valence-electron chi connectivity index (χ2n) is 4.27. The van der Waals surface area contributed by atoms with E-state index in [1.807, 2.05) is 18.5 Å². The molecule has 0 saturated carbocycles. The van der Waals surface area contributed by atoms with Crippen LogP contribution in [0.3, 0.4) is 0 Å². The smallest absolute Gasteiger partial charge is 0.0597 e. The van der Waals surface area contributed by atoms with Gasteiger partial charge in [-0.1, -0.05) is 0 Å². The molecular weight excluding hydrogens is 245 g/mol. The van der Waals surface area contributed by atoms with Gasteiger partial charge in [-0.15, -0.1) is 23.2 Å². The molecule has 1 aromatic heterocycles. The second kappa shape index (κ2) is 5.89. The molecule has 0 aliphatic rings. The monoisotopic (exact) mass is 263 g/mol. The highest BCUT2D eigenvalue weighted by molar-refractivity contribution is 6.22. The molecule has 0 unspecified atom stereocenters. The fraction of sp³-hybridized carbons (Fsp3) is 0.727. The Balaban J connectivity index is 2.66. The highest BCUT2D eigenvalue weighted by Gasteiger charge is 2.21. The summed E-state index contributed by atoms with van der Waals surface area (Å²) in [4.78, 5) is 0. The molecule has 0 bridgehead atoms. The minimum absolute atomic E-state index is 0.222. The van der Waals surface area contributed by atoms with E-state index in [0.717, 1.165) is 18.8 Å². The normalized spacial score (nSPS) is 12.1. The molecule has 0 aliphatic heterocycles. The van der Waals surface area contributed by atoms with Crippen molar-refractivity contribution in [2.45, 2.75) is 39.4 Å². The maximum absolute atomic E-state index is 5.88. The molecule has 3 nitrogen and oxygen atoms in total. The van der Waals surface area contributed by atoms with Crippen molar-refractivity contribution in [1.82, 2.24) is 15.1 Å². The van der Waals surface area contributed by atoms with Gasteiger partial charge in [-0.3, -0.25) is 4.68 Å². The van der Waals surface area contributed by atoms with Crippen LogP contribution in [0.25, 0.3) is 0 Å². The van der Waals surface area contributed by atoms with Gasteiger partial charge in [0.1, 0.15) is 0 Å². The Hall–Kier alpha value is -0.250. The fourth-order valence-corrected chi connectivity index (χ4v) is 1.92. The minimum Gasteiger partial charge on any atom is -0.304 e. The molecule has 0 aliphatic carbocycles. The molecule has 0 radical (unpaired) electrons. The van der Waals surface area contributed by atoms with Crippen molar-refractivity contribution < 1.29 is 0 Å². The third-order valence-electron chi connectivity index (χ3n) is 2.57. The molecule has 16 heavy (non-hydrogen) atoms. The summed E-state index contributed by atoms with van der Waals surface area (Å²) in [5, 5.41) is 7.77. The fourth-order valence-electron chi connectivity index (χ4n) is 1.45. The Morgan fingerprint density at radius 2 is 2.06 bits per heavy atom. The summed E-state index contributed by atoms with van der Waals surface area (Å²) in [5.41, 5.74) is 1.98. The first kappa shape index (κ1) is 13.8. The summed E-state index contributed by atoms with van der Waals surface area (Å²) in [6.45, 7) is 7.72. The van der Waals surface area contributed by atoms with Gasteiger partial charge in [0.15, 0.2) is 0 Å². The van der Waals surface area contributed by atoms with E-state index in [1.165, 1.54) is 5.69 Å². The Labute approximate surface area is 107 Å². The van der Waals surface area contributed by atoms with Gasteiger partial charge >= 0.3 is 0 Å². The quantitative estimate of drug-likeness (QED) is 0.800.